The summed E-state index contributed by atoms with van der Waals surface area (Å²) in [5.74, 6) is 3.37. The molecule has 1 aromatic rings. The predicted molar refractivity (Wildman–Crippen MR) is 49.1 cm³/mol. The van der Waals surface area contributed by atoms with E-state index in [2.05, 4.69) is 16.8 Å². The summed E-state index contributed by atoms with van der Waals surface area (Å²) >= 11 is 5.52. The highest BCUT2D eigenvalue weighted by atomic mass is 35.5. The zero-order chi connectivity index (χ0) is 10.6. The van der Waals surface area contributed by atoms with Crippen LogP contribution in [-0.4, -0.2) is 22.3 Å². The number of nitrogens with zero attached hydrogens (tertiary/aromatic N) is 1. The lowest BCUT2D eigenvalue weighted by atomic mass is 10.2. The van der Waals surface area contributed by atoms with Crippen LogP contribution in [0.4, 0.5) is 0 Å². The first-order valence-electron chi connectivity index (χ1n) is 3.49. The Labute approximate surface area is 84.5 Å². The van der Waals surface area contributed by atoms with Crippen molar-refractivity contribution in [2.45, 2.75) is 0 Å². The van der Waals surface area contributed by atoms with Crippen LogP contribution in [-0.2, 0) is 4.79 Å². The molecule has 1 N–H and O–H groups in total. The van der Waals surface area contributed by atoms with E-state index in [4.69, 9.17) is 16.7 Å². The van der Waals surface area contributed by atoms with Gasteiger partial charge < -0.3 is 5.11 Å². The largest absolute Gasteiger partial charge is 0.478 e. The standard InChI is InChI=1S/C9H4ClNO3/c10-8-7(9(13)14)4-6(5-11-8)2-1-3-12/h3-5H,(H,13,14). The van der Waals surface area contributed by atoms with Gasteiger partial charge in [0.05, 0.1) is 5.56 Å². The molecule has 0 amide bonds. The number of aromatic nitrogens is 1. The van der Waals surface area contributed by atoms with E-state index in [-0.39, 0.29) is 10.7 Å². The Balaban J connectivity index is 3.19. The van der Waals surface area contributed by atoms with Gasteiger partial charge in [-0.15, -0.1) is 0 Å². The van der Waals surface area contributed by atoms with E-state index < -0.39 is 5.97 Å². The summed E-state index contributed by atoms with van der Waals surface area (Å²) < 4.78 is 0. The first kappa shape index (κ1) is 10.2. The average Bonchev–Trinajstić information content (AvgIpc) is 2.16. The average molecular weight is 210 g/mol. The molecule has 0 spiro atoms. The minimum Gasteiger partial charge on any atom is -0.478 e. The quantitative estimate of drug-likeness (QED) is 0.425. The highest BCUT2D eigenvalue weighted by molar-refractivity contribution is 6.32. The van der Waals surface area contributed by atoms with E-state index in [0.29, 0.717) is 11.8 Å². The number of hydrogen-bond acceptors (Lipinski definition) is 3. The SMILES string of the molecule is O=CC#Cc1cnc(Cl)c(C(=O)O)c1. The van der Waals surface area contributed by atoms with E-state index in [1.165, 1.54) is 12.3 Å². The number of aldehydes is 1. The van der Waals surface area contributed by atoms with E-state index in [1.54, 1.807) is 0 Å². The Morgan fingerprint density at radius 1 is 1.64 bits per heavy atom. The molecule has 14 heavy (non-hydrogen) atoms. The van der Waals surface area contributed by atoms with Crippen LogP contribution in [0.2, 0.25) is 5.15 Å². The summed E-state index contributed by atoms with van der Waals surface area (Å²) in [6.45, 7) is 0. The molecular formula is C9H4ClNO3. The van der Waals surface area contributed by atoms with Gasteiger partial charge >= 0.3 is 5.97 Å². The van der Waals surface area contributed by atoms with Gasteiger partial charge in [0.25, 0.3) is 0 Å². The number of pyridine rings is 1. The predicted octanol–water partition coefficient (Wildman–Crippen LogP) is 0.984. The maximum atomic E-state index is 10.6. The van der Waals surface area contributed by atoms with Crippen molar-refractivity contribution in [3.63, 3.8) is 0 Å². The third kappa shape index (κ3) is 2.31. The van der Waals surface area contributed by atoms with E-state index in [1.807, 2.05) is 0 Å². The van der Waals surface area contributed by atoms with Crippen molar-refractivity contribution < 1.29 is 14.7 Å². The van der Waals surface area contributed by atoms with Crippen molar-refractivity contribution >= 4 is 23.9 Å². The number of carbonyl (C=O) groups is 2. The molecule has 70 valence electrons. The molecule has 1 rings (SSSR count). The molecule has 0 saturated heterocycles. The first-order chi connectivity index (χ1) is 6.65. The van der Waals surface area contributed by atoms with Crippen molar-refractivity contribution in [2.24, 2.45) is 0 Å². The lowest BCUT2D eigenvalue weighted by molar-refractivity contribution is -0.103. The molecule has 5 heteroatoms. The maximum absolute atomic E-state index is 10.6. The van der Waals surface area contributed by atoms with Crippen LogP contribution in [0.5, 0.6) is 0 Å². The van der Waals surface area contributed by atoms with Gasteiger partial charge in [-0.2, -0.15) is 0 Å². The number of carboxylic acid groups (broad SMARTS) is 1. The second kappa shape index (κ2) is 4.40. The molecule has 0 bridgehead atoms. The highest BCUT2D eigenvalue weighted by Crippen LogP contribution is 2.13. The normalized spacial score (nSPS) is 8.64. The van der Waals surface area contributed by atoms with Gasteiger partial charge in [-0.25, -0.2) is 9.78 Å². The summed E-state index contributed by atoms with van der Waals surface area (Å²) in [6, 6.07) is 1.26. The van der Waals surface area contributed by atoms with Gasteiger partial charge in [0, 0.05) is 11.8 Å². The van der Waals surface area contributed by atoms with E-state index in [0.717, 1.165) is 0 Å². The summed E-state index contributed by atoms with van der Waals surface area (Å²) in [7, 11) is 0. The summed E-state index contributed by atoms with van der Waals surface area (Å²) in [5, 5.41) is 8.57. The Morgan fingerprint density at radius 2 is 2.36 bits per heavy atom. The molecule has 0 aliphatic carbocycles. The minimum absolute atomic E-state index is 0.103. The number of aromatic carboxylic acids is 1. The molecule has 0 atom stereocenters. The smallest absolute Gasteiger partial charge is 0.338 e. The van der Waals surface area contributed by atoms with Crippen LogP contribution in [0.1, 0.15) is 15.9 Å². The van der Waals surface area contributed by atoms with Gasteiger partial charge in [0.15, 0.2) is 6.29 Å². The van der Waals surface area contributed by atoms with Gasteiger partial charge in [-0.05, 0) is 12.0 Å². The second-order valence-corrected chi connectivity index (χ2v) is 2.61. The van der Waals surface area contributed by atoms with Crippen LogP contribution >= 0.6 is 11.6 Å². The van der Waals surface area contributed by atoms with Crippen molar-refractivity contribution in [1.29, 1.82) is 0 Å². The third-order valence-electron chi connectivity index (χ3n) is 1.34. The molecule has 0 aromatic carbocycles. The number of halogens is 1. The Hall–Kier alpha value is -1.86. The third-order valence-corrected chi connectivity index (χ3v) is 1.65. The topological polar surface area (TPSA) is 67.3 Å². The Kier molecular flexibility index (Phi) is 3.21. The fraction of sp³-hybridized carbons (Fsp3) is 0. The molecular weight excluding hydrogens is 206 g/mol. The zero-order valence-corrected chi connectivity index (χ0v) is 7.58. The Bertz CT molecular complexity index is 445. The van der Waals surface area contributed by atoms with Crippen LogP contribution in [0.15, 0.2) is 12.3 Å². The minimum atomic E-state index is -1.18. The molecule has 0 saturated carbocycles. The van der Waals surface area contributed by atoms with Crippen molar-refractivity contribution in [3.05, 3.63) is 28.5 Å². The molecule has 0 aliphatic heterocycles. The number of carboxylic acids is 1. The van der Waals surface area contributed by atoms with Crippen molar-refractivity contribution in [2.75, 3.05) is 0 Å². The maximum Gasteiger partial charge on any atom is 0.338 e. The molecule has 1 aromatic heterocycles. The summed E-state index contributed by atoms with van der Waals surface area (Å²) in [5.41, 5.74) is 0.197. The molecule has 0 fully saturated rings. The lowest BCUT2D eigenvalue weighted by Gasteiger charge is -1.97. The zero-order valence-electron chi connectivity index (χ0n) is 6.82. The fourth-order valence-electron chi connectivity index (χ4n) is 0.779. The van der Waals surface area contributed by atoms with Gasteiger partial charge in [-0.3, -0.25) is 4.79 Å². The number of carbonyl (C=O) groups excluding carboxylic acids is 1. The monoisotopic (exact) mass is 209 g/mol. The number of rotatable bonds is 1. The molecule has 4 nitrogen and oxygen atoms in total. The van der Waals surface area contributed by atoms with Gasteiger partial charge in [-0.1, -0.05) is 17.5 Å². The summed E-state index contributed by atoms with van der Waals surface area (Å²) in [4.78, 5) is 24.2. The Morgan fingerprint density at radius 3 is 2.93 bits per heavy atom. The van der Waals surface area contributed by atoms with Gasteiger partial charge in [0.1, 0.15) is 5.15 Å². The number of hydrogen-bond donors (Lipinski definition) is 1. The molecule has 0 radical (unpaired) electrons. The summed E-state index contributed by atoms with van der Waals surface area (Å²) in [6.07, 6.45) is 1.71. The molecule has 0 aliphatic rings. The highest BCUT2D eigenvalue weighted by Gasteiger charge is 2.09. The van der Waals surface area contributed by atoms with Crippen LogP contribution in [0.3, 0.4) is 0 Å². The van der Waals surface area contributed by atoms with Crippen molar-refractivity contribution in [3.8, 4) is 11.8 Å². The fourth-order valence-corrected chi connectivity index (χ4v) is 0.963. The molecule has 1 heterocycles. The van der Waals surface area contributed by atoms with Crippen molar-refractivity contribution in [1.82, 2.24) is 4.98 Å². The van der Waals surface area contributed by atoms with E-state index >= 15 is 0 Å². The molecule has 0 unspecified atom stereocenters. The first-order valence-corrected chi connectivity index (χ1v) is 3.87. The van der Waals surface area contributed by atoms with Gasteiger partial charge in [0.2, 0.25) is 0 Å². The van der Waals surface area contributed by atoms with Crippen LogP contribution in [0.25, 0.3) is 0 Å². The lowest BCUT2D eigenvalue weighted by Crippen LogP contribution is -1.99. The van der Waals surface area contributed by atoms with Crippen LogP contribution in [0, 0.1) is 11.8 Å². The second-order valence-electron chi connectivity index (χ2n) is 2.25. The van der Waals surface area contributed by atoms with Crippen LogP contribution < -0.4 is 0 Å². The van der Waals surface area contributed by atoms with E-state index in [9.17, 15) is 9.59 Å².